The zero-order valence-corrected chi connectivity index (χ0v) is 18.0. The molecule has 168 valence electrons. The first-order valence-electron chi connectivity index (χ1n) is 10.7. The van der Waals surface area contributed by atoms with Crippen molar-refractivity contribution >= 4 is 17.6 Å². The second-order valence-electron chi connectivity index (χ2n) is 7.42. The Labute approximate surface area is 191 Å². The number of hydrogen-bond donors (Lipinski definition) is 4. The van der Waals surface area contributed by atoms with E-state index >= 15 is 0 Å². The number of guanidine groups is 1. The van der Waals surface area contributed by atoms with Crippen molar-refractivity contribution in [2.45, 2.75) is 19.0 Å². The van der Waals surface area contributed by atoms with Gasteiger partial charge in [-0.15, -0.1) is 0 Å². The number of fused-ring (bicyclic) bond motifs is 1. The Hall–Kier alpha value is -4.39. The number of imidazole rings is 1. The van der Waals surface area contributed by atoms with Crippen LogP contribution >= 0.6 is 0 Å². The fourth-order valence-corrected chi connectivity index (χ4v) is 3.72. The number of aromatic nitrogens is 3. The average Bonchev–Trinajstić information content (AvgIpc) is 3.37. The molecule has 0 bridgehead atoms. The highest BCUT2D eigenvalue weighted by Gasteiger charge is 2.31. The first-order chi connectivity index (χ1) is 16.3. The van der Waals surface area contributed by atoms with E-state index in [9.17, 15) is 4.79 Å². The first-order valence-corrected chi connectivity index (χ1v) is 10.7. The second kappa shape index (κ2) is 10.8. The number of nitrogens with zero attached hydrogens (tertiary/aromatic N) is 5. The number of nitriles is 1. The molecular formula is C23H25N9O. The molecule has 1 atom stereocenters. The summed E-state index contributed by atoms with van der Waals surface area (Å²) in [5, 5.41) is 17.8. The van der Waals surface area contributed by atoms with Crippen molar-refractivity contribution in [3.05, 3.63) is 78.1 Å². The van der Waals surface area contributed by atoms with Crippen LogP contribution in [0.4, 0.5) is 5.69 Å². The van der Waals surface area contributed by atoms with Gasteiger partial charge in [0.1, 0.15) is 6.17 Å². The molecule has 10 nitrogen and oxygen atoms in total. The zero-order valence-electron chi connectivity index (χ0n) is 18.0. The van der Waals surface area contributed by atoms with Crippen LogP contribution in [-0.4, -0.2) is 46.5 Å². The molecule has 0 radical (unpaired) electrons. The van der Waals surface area contributed by atoms with Crippen molar-refractivity contribution in [2.24, 2.45) is 4.99 Å². The van der Waals surface area contributed by atoms with Crippen LogP contribution < -0.4 is 20.9 Å². The van der Waals surface area contributed by atoms with Gasteiger partial charge in [-0.05, 0) is 30.7 Å². The monoisotopic (exact) mass is 443 g/mol. The molecule has 1 amide bonds. The fraction of sp³-hybridized carbons (Fsp3) is 0.261. The quantitative estimate of drug-likeness (QED) is 0.137. The average molecular weight is 444 g/mol. The first kappa shape index (κ1) is 21.8. The number of para-hydroxylation sites is 1. The van der Waals surface area contributed by atoms with Crippen LogP contribution in [0.25, 0.3) is 0 Å². The third-order valence-electron chi connectivity index (χ3n) is 5.25. The van der Waals surface area contributed by atoms with Gasteiger partial charge in [0, 0.05) is 44.1 Å². The van der Waals surface area contributed by atoms with Crippen molar-refractivity contribution in [3.8, 4) is 6.19 Å². The molecule has 1 aliphatic rings. The maximum atomic E-state index is 12.7. The summed E-state index contributed by atoms with van der Waals surface area (Å²) in [5.41, 5.74) is 3.29. The number of benzene rings is 1. The molecule has 4 rings (SSSR count). The van der Waals surface area contributed by atoms with E-state index < -0.39 is 0 Å². The molecule has 4 N–H and O–H groups in total. The van der Waals surface area contributed by atoms with Crippen LogP contribution in [0.5, 0.6) is 0 Å². The molecule has 2 aromatic heterocycles. The summed E-state index contributed by atoms with van der Waals surface area (Å²) in [6.07, 6.45) is 8.14. The predicted molar refractivity (Wildman–Crippen MR) is 124 cm³/mol. The molecule has 0 saturated carbocycles. The van der Waals surface area contributed by atoms with Crippen molar-refractivity contribution in [1.29, 1.82) is 5.26 Å². The number of carbonyl (C=O) groups excluding carboxylic acids is 1. The van der Waals surface area contributed by atoms with Crippen LogP contribution in [0.15, 0.2) is 66.2 Å². The van der Waals surface area contributed by atoms with Gasteiger partial charge in [-0.2, -0.15) is 5.26 Å². The summed E-state index contributed by atoms with van der Waals surface area (Å²) in [6.45, 7) is 1.77. The molecule has 3 heterocycles. The number of nitrogens with one attached hydrogen (secondary N) is 4. The Balaban J connectivity index is 1.41. The minimum Gasteiger partial charge on any atom is -0.355 e. The SMILES string of the molecule is N#CNC(=NCCCN1c2ccccc2C(=O)NC1c1ccccn1)NCCc1cnc[nH]1. The van der Waals surface area contributed by atoms with Gasteiger partial charge in [-0.25, -0.2) is 4.98 Å². The molecule has 0 aliphatic carbocycles. The van der Waals surface area contributed by atoms with Gasteiger partial charge in [0.25, 0.3) is 5.91 Å². The third-order valence-corrected chi connectivity index (χ3v) is 5.25. The highest BCUT2D eigenvalue weighted by atomic mass is 16.2. The summed E-state index contributed by atoms with van der Waals surface area (Å²) in [6, 6.07) is 13.2. The summed E-state index contributed by atoms with van der Waals surface area (Å²) in [7, 11) is 0. The van der Waals surface area contributed by atoms with Crippen LogP contribution in [-0.2, 0) is 6.42 Å². The van der Waals surface area contributed by atoms with Gasteiger partial charge >= 0.3 is 0 Å². The molecule has 0 fully saturated rings. The third kappa shape index (κ3) is 5.46. The molecular weight excluding hydrogens is 418 g/mol. The van der Waals surface area contributed by atoms with Crippen LogP contribution in [0.3, 0.4) is 0 Å². The van der Waals surface area contributed by atoms with Crippen LogP contribution in [0.1, 0.15) is 34.3 Å². The summed E-state index contributed by atoms with van der Waals surface area (Å²) < 4.78 is 0. The zero-order chi connectivity index (χ0) is 22.9. The molecule has 0 spiro atoms. The van der Waals surface area contributed by atoms with E-state index in [0.29, 0.717) is 37.6 Å². The Morgan fingerprint density at radius 1 is 1.24 bits per heavy atom. The van der Waals surface area contributed by atoms with Crippen LogP contribution in [0, 0.1) is 11.5 Å². The van der Waals surface area contributed by atoms with Crippen molar-refractivity contribution < 1.29 is 4.79 Å². The van der Waals surface area contributed by atoms with E-state index in [0.717, 1.165) is 23.5 Å². The molecule has 1 aliphatic heterocycles. The lowest BCUT2D eigenvalue weighted by molar-refractivity contribution is 0.0925. The van der Waals surface area contributed by atoms with Crippen molar-refractivity contribution in [3.63, 3.8) is 0 Å². The number of carbonyl (C=O) groups is 1. The Morgan fingerprint density at radius 2 is 2.12 bits per heavy atom. The van der Waals surface area contributed by atoms with Gasteiger partial charge < -0.3 is 20.5 Å². The fourth-order valence-electron chi connectivity index (χ4n) is 3.72. The van der Waals surface area contributed by atoms with E-state index in [1.807, 2.05) is 48.7 Å². The highest BCUT2D eigenvalue weighted by molar-refractivity contribution is 6.02. The molecule has 10 heteroatoms. The number of aromatic amines is 1. The Bertz CT molecular complexity index is 1120. The lowest BCUT2D eigenvalue weighted by Crippen LogP contribution is -2.47. The van der Waals surface area contributed by atoms with Gasteiger partial charge in [0.05, 0.1) is 23.3 Å². The highest BCUT2D eigenvalue weighted by Crippen LogP contribution is 2.32. The summed E-state index contributed by atoms with van der Waals surface area (Å²) in [5.74, 6) is 0.322. The minimum atomic E-state index is -0.359. The molecule has 0 saturated heterocycles. The number of anilines is 1. The number of pyridine rings is 1. The predicted octanol–water partition coefficient (Wildman–Crippen LogP) is 1.70. The topological polar surface area (TPSA) is 134 Å². The smallest absolute Gasteiger partial charge is 0.255 e. The standard InChI is InChI=1S/C23H25N9O/c24-15-29-23(28-12-9-17-14-25-16-30-17)27-11-5-13-32-20-8-2-1-6-18(20)22(33)31-21(32)19-7-3-4-10-26-19/h1-4,6-8,10,14,16,21H,5,9,11-13H2,(H,25,30)(H,31,33)(H2,27,28,29). The number of amides is 1. The Kier molecular flexibility index (Phi) is 7.12. The summed E-state index contributed by atoms with van der Waals surface area (Å²) >= 11 is 0. The molecule has 33 heavy (non-hydrogen) atoms. The molecule has 3 aromatic rings. The number of aliphatic imine (C=N–C) groups is 1. The lowest BCUT2D eigenvalue weighted by Gasteiger charge is -2.38. The Morgan fingerprint density at radius 3 is 2.91 bits per heavy atom. The van der Waals surface area contributed by atoms with E-state index in [2.05, 4.69) is 40.8 Å². The van der Waals surface area contributed by atoms with E-state index in [1.165, 1.54) is 0 Å². The van der Waals surface area contributed by atoms with Gasteiger partial charge in [0.15, 0.2) is 6.19 Å². The molecule has 1 unspecified atom stereocenters. The summed E-state index contributed by atoms with van der Waals surface area (Å²) in [4.78, 5) is 30.8. The van der Waals surface area contributed by atoms with E-state index in [-0.39, 0.29) is 12.1 Å². The maximum absolute atomic E-state index is 12.7. The van der Waals surface area contributed by atoms with Gasteiger partial charge in [-0.1, -0.05) is 18.2 Å². The number of H-pyrrole nitrogens is 1. The lowest BCUT2D eigenvalue weighted by atomic mass is 10.1. The largest absolute Gasteiger partial charge is 0.355 e. The van der Waals surface area contributed by atoms with Crippen molar-refractivity contribution in [1.82, 2.24) is 30.9 Å². The van der Waals surface area contributed by atoms with E-state index in [4.69, 9.17) is 5.26 Å². The minimum absolute atomic E-state index is 0.113. The van der Waals surface area contributed by atoms with Gasteiger partial charge in [-0.3, -0.25) is 20.1 Å². The van der Waals surface area contributed by atoms with E-state index in [1.54, 1.807) is 18.7 Å². The number of rotatable bonds is 8. The second-order valence-corrected chi connectivity index (χ2v) is 7.42. The maximum Gasteiger partial charge on any atom is 0.255 e. The number of hydrogen-bond acceptors (Lipinski definition) is 6. The molecule has 1 aromatic carbocycles. The van der Waals surface area contributed by atoms with Gasteiger partial charge in [0.2, 0.25) is 5.96 Å². The van der Waals surface area contributed by atoms with Crippen molar-refractivity contribution in [2.75, 3.05) is 24.5 Å². The van der Waals surface area contributed by atoms with Crippen LogP contribution in [0.2, 0.25) is 0 Å². The normalized spacial score (nSPS) is 15.4.